The van der Waals surface area contributed by atoms with Crippen LogP contribution in [0.3, 0.4) is 0 Å². The van der Waals surface area contributed by atoms with Crippen LogP contribution in [0.25, 0.3) is 0 Å². The van der Waals surface area contributed by atoms with Crippen molar-refractivity contribution in [2.45, 2.75) is 12.8 Å². The van der Waals surface area contributed by atoms with Crippen molar-refractivity contribution in [1.82, 2.24) is 0 Å². The summed E-state index contributed by atoms with van der Waals surface area (Å²) in [5.74, 6) is 0.415. The molecule has 3 rings (SSSR count). The predicted molar refractivity (Wildman–Crippen MR) is 91.7 cm³/mol. The standard InChI is InChI=1S/C17H15BrN2O3/c18-12-2-1-3-13(9-12)19-17(22)10-23-14-5-6-15-11(8-14)4-7-16(21)20-15/h1-3,5-6,8-9H,4,7,10H2,(H,19,22)(H,20,21). The van der Waals surface area contributed by atoms with Crippen molar-refractivity contribution in [3.8, 4) is 5.75 Å². The van der Waals surface area contributed by atoms with Crippen LogP contribution >= 0.6 is 15.9 Å². The molecule has 5 nitrogen and oxygen atoms in total. The summed E-state index contributed by atoms with van der Waals surface area (Å²) < 4.78 is 6.42. The second kappa shape index (κ2) is 6.83. The van der Waals surface area contributed by atoms with Gasteiger partial charge in [-0.2, -0.15) is 0 Å². The normalized spacial score (nSPS) is 13.0. The van der Waals surface area contributed by atoms with Crippen LogP contribution in [-0.4, -0.2) is 18.4 Å². The molecule has 2 aromatic carbocycles. The number of hydrogen-bond donors (Lipinski definition) is 2. The molecule has 0 spiro atoms. The third kappa shape index (κ3) is 4.10. The predicted octanol–water partition coefficient (Wildman–Crippen LogP) is 3.35. The number of carbonyl (C=O) groups is 2. The van der Waals surface area contributed by atoms with Crippen LogP contribution in [0.2, 0.25) is 0 Å². The molecule has 2 aromatic rings. The first-order valence-electron chi connectivity index (χ1n) is 7.21. The van der Waals surface area contributed by atoms with E-state index >= 15 is 0 Å². The minimum Gasteiger partial charge on any atom is -0.484 e. The van der Waals surface area contributed by atoms with Gasteiger partial charge in [0.05, 0.1) is 0 Å². The monoisotopic (exact) mass is 374 g/mol. The van der Waals surface area contributed by atoms with E-state index in [0.29, 0.717) is 24.3 Å². The number of ether oxygens (including phenoxy) is 1. The maximum atomic E-state index is 11.9. The lowest BCUT2D eigenvalue weighted by atomic mass is 10.0. The number of halogens is 1. The number of carbonyl (C=O) groups excluding carboxylic acids is 2. The van der Waals surface area contributed by atoms with Crippen LogP contribution in [-0.2, 0) is 16.0 Å². The molecule has 0 atom stereocenters. The van der Waals surface area contributed by atoms with Gasteiger partial charge in [-0.3, -0.25) is 9.59 Å². The summed E-state index contributed by atoms with van der Waals surface area (Å²) in [6.07, 6.45) is 1.16. The zero-order chi connectivity index (χ0) is 16.2. The quantitative estimate of drug-likeness (QED) is 0.861. The molecular formula is C17H15BrN2O3. The van der Waals surface area contributed by atoms with Gasteiger partial charge in [-0.25, -0.2) is 0 Å². The molecule has 6 heteroatoms. The molecule has 2 N–H and O–H groups in total. The Bertz CT molecular complexity index is 761. The Morgan fingerprint density at radius 2 is 2.09 bits per heavy atom. The van der Waals surface area contributed by atoms with Crippen molar-refractivity contribution in [2.75, 3.05) is 17.2 Å². The van der Waals surface area contributed by atoms with Crippen molar-refractivity contribution in [1.29, 1.82) is 0 Å². The van der Waals surface area contributed by atoms with E-state index in [1.54, 1.807) is 12.1 Å². The highest BCUT2D eigenvalue weighted by molar-refractivity contribution is 9.10. The van der Waals surface area contributed by atoms with Crippen LogP contribution in [0, 0.1) is 0 Å². The average Bonchev–Trinajstić information content (AvgIpc) is 2.53. The van der Waals surface area contributed by atoms with Crippen LogP contribution in [0.4, 0.5) is 11.4 Å². The molecule has 0 bridgehead atoms. The Labute approximate surface area is 142 Å². The second-order valence-electron chi connectivity index (χ2n) is 5.21. The molecule has 23 heavy (non-hydrogen) atoms. The van der Waals surface area contributed by atoms with E-state index in [2.05, 4.69) is 26.6 Å². The Morgan fingerprint density at radius 3 is 2.91 bits per heavy atom. The van der Waals surface area contributed by atoms with Gasteiger partial charge in [-0.1, -0.05) is 22.0 Å². The van der Waals surface area contributed by atoms with Gasteiger partial charge >= 0.3 is 0 Å². The van der Waals surface area contributed by atoms with Crippen LogP contribution in [0.15, 0.2) is 46.9 Å². The van der Waals surface area contributed by atoms with Gasteiger partial charge in [0, 0.05) is 22.3 Å². The second-order valence-corrected chi connectivity index (χ2v) is 6.13. The molecule has 0 radical (unpaired) electrons. The maximum absolute atomic E-state index is 11.9. The first kappa shape index (κ1) is 15.6. The molecule has 0 fully saturated rings. The molecule has 0 saturated heterocycles. The van der Waals surface area contributed by atoms with E-state index in [-0.39, 0.29) is 18.4 Å². The summed E-state index contributed by atoms with van der Waals surface area (Å²) >= 11 is 3.35. The number of nitrogens with one attached hydrogen (secondary N) is 2. The number of aryl methyl sites for hydroxylation is 1. The van der Waals surface area contributed by atoms with E-state index in [1.807, 2.05) is 30.3 Å². The van der Waals surface area contributed by atoms with Crippen molar-refractivity contribution in [2.24, 2.45) is 0 Å². The fourth-order valence-corrected chi connectivity index (χ4v) is 2.76. The molecule has 118 valence electrons. The number of amides is 2. The summed E-state index contributed by atoms with van der Waals surface area (Å²) in [5, 5.41) is 5.58. The third-order valence-electron chi connectivity index (χ3n) is 3.45. The Morgan fingerprint density at radius 1 is 1.22 bits per heavy atom. The number of rotatable bonds is 4. The number of hydrogen-bond acceptors (Lipinski definition) is 3. The first-order chi connectivity index (χ1) is 11.1. The van der Waals surface area contributed by atoms with E-state index in [4.69, 9.17) is 4.74 Å². The lowest BCUT2D eigenvalue weighted by Gasteiger charge is -2.17. The minimum atomic E-state index is -0.228. The van der Waals surface area contributed by atoms with Crippen molar-refractivity contribution in [3.05, 3.63) is 52.5 Å². The molecular weight excluding hydrogens is 360 g/mol. The fraction of sp³-hybridized carbons (Fsp3) is 0.176. The molecule has 0 unspecified atom stereocenters. The molecule has 0 aromatic heterocycles. The summed E-state index contributed by atoms with van der Waals surface area (Å²) in [7, 11) is 0. The van der Waals surface area contributed by atoms with Crippen molar-refractivity contribution < 1.29 is 14.3 Å². The van der Waals surface area contributed by atoms with Gasteiger partial charge in [0.1, 0.15) is 5.75 Å². The van der Waals surface area contributed by atoms with Gasteiger partial charge in [0.25, 0.3) is 5.91 Å². The van der Waals surface area contributed by atoms with Crippen molar-refractivity contribution >= 4 is 39.1 Å². The first-order valence-corrected chi connectivity index (χ1v) is 8.00. The molecule has 1 aliphatic rings. The zero-order valence-corrected chi connectivity index (χ0v) is 13.9. The highest BCUT2D eigenvalue weighted by Crippen LogP contribution is 2.26. The molecule has 0 saturated carbocycles. The summed E-state index contributed by atoms with van der Waals surface area (Å²) in [6.45, 7) is -0.0718. The Kier molecular flexibility index (Phi) is 4.62. The van der Waals surface area contributed by atoms with E-state index in [9.17, 15) is 9.59 Å². The number of fused-ring (bicyclic) bond motifs is 1. The minimum absolute atomic E-state index is 0.0274. The van der Waals surface area contributed by atoms with Crippen LogP contribution in [0.1, 0.15) is 12.0 Å². The largest absolute Gasteiger partial charge is 0.484 e. The fourth-order valence-electron chi connectivity index (χ4n) is 2.36. The molecule has 2 amide bonds. The maximum Gasteiger partial charge on any atom is 0.262 e. The van der Waals surface area contributed by atoms with E-state index in [1.165, 1.54) is 0 Å². The topological polar surface area (TPSA) is 67.4 Å². The third-order valence-corrected chi connectivity index (χ3v) is 3.94. The highest BCUT2D eigenvalue weighted by Gasteiger charge is 2.15. The SMILES string of the molecule is O=C(COc1ccc2c(c1)CCC(=O)N2)Nc1cccc(Br)c1. The lowest BCUT2D eigenvalue weighted by molar-refractivity contribution is -0.118. The summed E-state index contributed by atoms with van der Waals surface area (Å²) in [5.41, 5.74) is 2.54. The summed E-state index contributed by atoms with van der Waals surface area (Å²) in [4.78, 5) is 23.2. The highest BCUT2D eigenvalue weighted by atomic mass is 79.9. The zero-order valence-electron chi connectivity index (χ0n) is 12.3. The smallest absolute Gasteiger partial charge is 0.262 e. The van der Waals surface area contributed by atoms with Crippen LogP contribution in [0.5, 0.6) is 5.75 Å². The molecule has 0 aliphatic carbocycles. The van der Waals surface area contributed by atoms with Gasteiger partial charge in [0.15, 0.2) is 6.61 Å². The Hall–Kier alpha value is -2.34. The Balaban J connectivity index is 1.58. The van der Waals surface area contributed by atoms with Crippen LogP contribution < -0.4 is 15.4 Å². The lowest BCUT2D eigenvalue weighted by Crippen LogP contribution is -2.21. The van der Waals surface area contributed by atoms with E-state index < -0.39 is 0 Å². The van der Waals surface area contributed by atoms with Gasteiger partial charge < -0.3 is 15.4 Å². The van der Waals surface area contributed by atoms with Gasteiger partial charge in [-0.15, -0.1) is 0 Å². The molecule has 1 heterocycles. The average molecular weight is 375 g/mol. The van der Waals surface area contributed by atoms with Gasteiger partial charge in [-0.05, 0) is 48.4 Å². The number of anilines is 2. The van der Waals surface area contributed by atoms with E-state index in [0.717, 1.165) is 15.7 Å². The molecule has 1 aliphatic heterocycles. The van der Waals surface area contributed by atoms with Gasteiger partial charge in [0.2, 0.25) is 5.91 Å². The summed E-state index contributed by atoms with van der Waals surface area (Å²) in [6, 6.07) is 12.8. The van der Waals surface area contributed by atoms with Crippen molar-refractivity contribution in [3.63, 3.8) is 0 Å². The number of benzene rings is 2.